The average Bonchev–Trinajstić information content (AvgIpc) is 3.13. The molecule has 1 amide bonds. The Balaban J connectivity index is 1.38. The van der Waals surface area contributed by atoms with Crippen LogP contribution >= 0.6 is 11.6 Å². The molecule has 172 valence electrons. The summed E-state index contributed by atoms with van der Waals surface area (Å²) >= 11 is 6.40. The van der Waals surface area contributed by atoms with Crippen molar-refractivity contribution < 1.29 is 14.3 Å². The van der Waals surface area contributed by atoms with Crippen molar-refractivity contribution in [2.75, 3.05) is 13.2 Å². The zero-order valence-electron chi connectivity index (χ0n) is 18.4. The molecule has 0 bridgehead atoms. The zero-order chi connectivity index (χ0) is 23.3. The summed E-state index contributed by atoms with van der Waals surface area (Å²) in [6, 6.07) is 17.3. The number of hydrogen-bond donors (Lipinski definition) is 1. The van der Waals surface area contributed by atoms with Crippen molar-refractivity contribution in [2.45, 2.75) is 19.5 Å². The number of nitrogens with one attached hydrogen (secondary N) is 1. The van der Waals surface area contributed by atoms with E-state index in [1.807, 2.05) is 48.5 Å². The summed E-state index contributed by atoms with van der Waals surface area (Å²) in [5, 5.41) is 8.14. The zero-order valence-corrected chi connectivity index (χ0v) is 19.2. The molecule has 2 aromatic carbocycles. The van der Waals surface area contributed by atoms with Gasteiger partial charge in [0.1, 0.15) is 5.69 Å². The number of halogens is 1. The molecule has 0 fully saturated rings. The highest BCUT2D eigenvalue weighted by molar-refractivity contribution is 6.32. The van der Waals surface area contributed by atoms with Crippen LogP contribution in [0.4, 0.5) is 0 Å². The van der Waals surface area contributed by atoms with Crippen LogP contribution in [-0.2, 0) is 13.1 Å². The first kappa shape index (κ1) is 22.0. The largest absolute Gasteiger partial charge is 0.489 e. The Morgan fingerprint density at radius 3 is 2.74 bits per heavy atom. The maximum Gasteiger partial charge on any atom is 0.255 e. The van der Waals surface area contributed by atoms with Gasteiger partial charge >= 0.3 is 0 Å². The fourth-order valence-corrected chi connectivity index (χ4v) is 4.11. The SMILES string of the molecule is O=C(NCc1cc(Cl)c2c(c1)OCCCO2)c1cn(Cc2ccccc2)nc1-c1cccnc1. The van der Waals surface area contributed by atoms with Crippen molar-refractivity contribution in [2.24, 2.45) is 0 Å². The fourth-order valence-electron chi connectivity index (χ4n) is 3.82. The molecule has 5 rings (SSSR count). The van der Waals surface area contributed by atoms with Gasteiger partial charge < -0.3 is 14.8 Å². The van der Waals surface area contributed by atoms with Crippen LogP contribution in [0.3, 0.4) is 0 Å². The van der Waals surface area contributed by atoms with E-state index >= 15 is 0 Å². The molecular weight excluding hydrogens is 452 g/mol. The van der Waals surface area contributed by atoms with Crippen molar-refractivity contribution in [3.8, 4) is 22.8 Å². The molecule has 34 heavy (non-hydrogen) atoms. The summed E-state index contributed by atoms with van der Waals surface area (Å²) in [5.74, 6) is 0.915. The van der Waals surface area contributed by atoms with Gasteiger partial charge in [0.05, 0.1) is 30.3 Å². The molecule has 0 atom stereocenters. The molecule has 0 saturated heterocycles. The van der Waals surface area contributed by atoms with Crippen molar-refractivity contribution in [3.63, 3.8) is 0 Å². The summed E-state index contributed by atoms with van der Waals surface area (Å²) in [4.78, 5) is 17.4. The normalized spacial score (nSPS) is 12.7. The smallest absolute Gasteiger partial charge is 0.255 e. The fraction of sp³-hybridized carbons (Fsp3) is 0.192. The molecule has 2 aromatic heterocycles. The number of nitrogens with zero attached hydrogens (tertiary/aromatic N) is 3. The first-order valence-electron chi connectivity index (χ1n) is 11.1. The van der Waals surface area contributed by atoms with Gasteiger partial charge in [0.15, 0.2) is 11.5 Å². The van der Waals surface area contributed by atoms with E-state index in [0.717, 1.165) is 23.1 Å². The third-order valence-electron chi connectivity index (χ3n) is 5.44. The molecular formula is C26H23ClN4O3. The van der Waals surface area contributed by atoms with Crippen LogP contribution in [0.5, 0.6) is 11.5 Å². The molecule has 1 N–H and O–H groups in total. The van der Waals surface area contributed by atoms with Gasteiger partial charge in [-0.1, -0.05) is 41.9 Å². The number of carbonyl (C=O) groups is 1. The van der Waals surface area contributed by atoms with Crippen LogP contribution in [0.1, 0.15) is 27.9 Å². The van der Waals surface area contributed by atoms with E-state index in [4.69, 9.17) is 26.2 Å². The Bertz CT molecular complexity index is 1290. The summed E-state index contributed by atoms with van der Waals surface area (Å²) in [6.45, 7) is 1.96. The van der Waals surface area contributed by atoms with Gasteiger partial charge in [-0.25, -0.2) is 0 Å². The number of benzene rings is 2. The van der Waals surface area contributed by atoms with E-state index < -0.39 is 0 Å². The van der Waals surface area contributed by atoms with Gasteiger partial charge in [0.2, 0.25) is 0 Å². The lowest BCUT2D eigenvalue weighted by atomic mass is 10.1. The highest BCUT2D eigenvalue weighted by atomic mass is 35.5. The number of fused-ring (bicyclic) bond motifs is 1. The first-order valence-corrected chi connectivity index (χ1v) is 11.4. The number of amides is 1. The minimum atomic E-state index is -0.235. The Morgan fingerprint density at radius 1 is 1.06 bits per heavy atom. The lowest BCUT2D eigenvalue weighted by Gasteiger charge is -2.12. The Hall–Kier alpha value is -3.84. The number of ether oxygens (including phenoxy) is 2. The van der Waals surface area contributed by atoms with E-state index in [0.29, 0.717) is 47.5 Å². The molecule has 0 unspecified atom stereocenters. The van der Waals surface area contributed by atoms with E-state index in [2.05, 4.69) is 10.3 Å². The molecule has 0 spiro atoms. The number of rotatable bonds is 6. The predicted molar refractivity (Wildman–Crippen MR) is 129 cm³/mol. The molecule has 0 saturated carbocycles. The number of aromatic nitrogens is 3. The number of carbonyl (C=O) groups excluding carboxylic acids is 1. The third-order valence-corrected chi connectivity index (χ3v) is 5.72. The maximum absolute atomic E-state index is 13.2. The standard InChI is InChI=1S/C26H23ClN4O3/c27-22-12-19(13-23-25(22)34-11-5-10-33-23)14-29-26(32)21-17-31(16-18-6-2-1-3-7-18)30-24(21)20-8-4-9-28-15-20/h1-4,6-9,12-13,15,17H,5,10-11,14,16H2,(H,29,32). The molecule has 1 aliphatic heterocycles. The maximum atomic E-state index is 13.2. The van der Waals surface area contributed by atoms with Crippen LogP contribution < -0.4 is 14.8 Å². The van der Waals surface area contributed by atoms with Crippen molar-refractivity contribution in [1.82, 2.24) is 20.1 Å². The van der Waals surface area contributed by atoms with Crippen LogP contribution in [0, 0.1) is 0 Å². The third kappa shape index (κ3) is 4.89. The predicted octanol–water partition coefficient (Wildman–Crippen LogP) is 4.74. The van der Waals surface area contributed by atoms with Gasteiger partial charge in [-0.2, -0.15) is 5.10 Å². The Kier molecular flexibility index (Phi) is 6.44. The van der Waals surface area contributed by atoms with Crippen LogP contribution in [0.25, 0.3) is 11.3 Å². The van der Waals surface area contributed by atoms with E-state index in [-0.39, 0.29) is 12.5 Å². The molecule has 1 aliphatic rings. The van der Waals surface area contributed by atoms with Gasteiger partial charge in [-0.15, -0.1) is 0 Å². The summed E-state index contributed by atoms with van der Waals surface area (Å²) in [7, 11) is 0. The lowest BCUT2D eigenvalue weighted by molar-refractivity contribution is 0.0951. The van der Waals surface area contributed by atoms with Gasteiger partial charge in [0, 0.05) is 37.1 Å². The van der Waals surface area contributed by atoms with Crippen LogP contribution in [0.2, 0.25) is 5.02 Å². The van der Waals surface area contributed by atoms with Gasteiger partial charge in [-0.3, -0.25) is 14.5 Å². The molecule has 0 radical (unpaired) electrons. The second-order valence-electron chi connectivity index (χ2n) is 7.95. The van der Waals surface area contributed by atoms with E-state index in [1.54, 1.807) is 29.3 Å². The van der Waals surface area contributed by atoms with Crippen LogP contribution in [0.15, 0.2) is 73.2 Å². The highest BCUT2D eigenvalue weighted by Gasteiger charge is 2.20. The van der Waals surface area contributed by atoms with Gasteiger partial charge in [-0.05, 0) is 35.4 Å². The average molecular weight is 475 g/mol. The van der Waals surface area contributed by atoms with E-state index in [9.17, 15) is 4.79 Å². The lowest BCUT2D eigenvalue weighted by Crippen LogP contribution is -2.23. The minimum absolute atomic E-state index is 0.235. The number of pyridine rings is 1. The molecule has 7 nitrogen and oxygen atoms in total. The quantitative estimate of drug-likeness (QED) is 0.437. The molecule has 8 heteroatoms. The summed E-state index contributed by atoms with van der Waals surface area (Å²) in [6.07, 6.45) is 5.96. The molecule has 4 aromatic rings. The monoisotopic (exact) mass is 474 g/mol. The summed E-state index contributed by atoms with van der Waals surface area (Å²) < 4.78 is 13.2. The van der Waals surface area contributed by atoms with Crippen LogP contribution in [-0.4, -0.2) is 33.9 Å². The second kappa shape index (κ2) is 9.97. The minimum Gasteiger partial charge on any atom is -0.489 e. The molecule has 0 aliphatic carbocycles. The topological polar surface area (TPSA) is 78.3 Å². The van der Waals surface area contributed by atoms with Crippen molar-refractivity contribution in [1.29, 1.82) is 0 Å². The highest BCUT2D eigenvalue weighted by Crippen LogP contribution is 2.38. The summed E-state index contributed by atoms with van der Waals surface area (Å²) in [5.41, 5.74) is 3.75. The number of hydrogen-bond acceptors (Lipinski definition) is 5. The first-order chi connectivity index (χ1) is 16.7. The van der Waals surface area contributed by atoms with Crippen molar-refractivity contribution >= 4 is 17.5 Å². The van der Waals surface area contributed by atoms with E-state index in [1.165, 1.54) is 0 Å². The Labute approximate surface area is 202 Å². The molecule has 3 heterocycles. The Morgan fingerprint density at radius 2 is 1.91 bits per heavy atom. The van der Waals surface area contributed by atoms with Gasteiger partial charge in [0.25, 0.3) is 5.91 Å². The second-order valence-corrected chi connectivity index (χ2v) is 8.36. The van der Waals surface area contributed by atoms with Crippen molar-refractivity contribution in [3.05, 3.63) is 94.9 Å².